The first kappa shape index (κ1) is 32.7. The summed E-state index contributed by atoms with van der Waals surface area (Å²) < 4.78 is 11.9. The summed E-state index contributed by atoms with van der Waals surface area (Å²) in [6.45, 7) is 2.18. The molecule has 2 nitrogen and oxygen atoms in total. The Hall–Kier alpha value is -3.23. The van der Waals surface area contributed by atoms with E-state index in [4.69, 9.17) is 9.47 Å². The molecule has 5 rings (SSSR count). The summed E-state index contributed by atoms with van der Waals surface area (Å²) in [5, 5.41) is 4.42. The first-order valence-corrected chi connectivity index (χ1v) is 17.2. The molecule has 43 heavy (non-hydrogen) atoms. The molecule has 0 aliphatic rings. The monoisotopic (exact) mass is 652 g/mol. The maximum absolute atomic E-state index is 6.00. The molecule has 0 amide bonds. The van der Waals surface area contributed by atoms with Crippen LogP contribution in [0.15, 0.2) is 146 Å². The third kappa shape index (κ3) is 9.38. The number of halogens is 1. The fourth-order valence-electron chi connectivity index (χ4n) is 5.57. The number of benzene rings is 5. The van der Waals surface area contributed by atoms with Crippen LogP contribution in [-0.4, -0.2) is 19.4 Å². The normalized spacial score (nSPS) is 11.1. The highest BCUT2D eigenvalue weighted by atomic mass is 79.9. The molecule has 5 aromatic rings. The van der Waals surface area contributed by atoms with Gasteiger partial charge in [0.25, 0.3) is 0 Å². The Balaban J connectivity index is 0.00000423. The van der Waals surface area contributed by atoms with E-state index in [1.54, 1.807) is 0 Å². The van der Waals surface area contributed by atoms with Gasteiger partial charge in [-0.15, -0.1) is 0 Å². The van der Waals surface area contributed by atoms with E-state index >= 15 is 0 Å². The van der Waals surface area contributed by atoms with Crippen molar-refractivity contribution in [3.05, 3.63) is 157 Å². The van der Waals surface area contributed by atoms with Crippen LogP contribution in [0.25, 0.3) is 0 Å². The van der Waals surface area contributed by atoms with Crippen molar-refractivity contribution in [2.75, 3.05) is 19.4 Å². The Morgan fingerprint density at radius 3 is 1.47 bits per heavy atom. The van der Waals surface area contributed by atoms with Crippen LogP contribution in [0.5, 0.6) is 5.75 Å². The van der Waals surface area contributed by atoms with E-state index in [1.807, 2.05) is 18.2 Å². The second kappa shape index (κ2) is 17.8. The zero-order chi connectivity index (χ0) is 28.7. The summed E-state index contributed by atoms with van der Waals surface area (Å²) in [6.07, 6.45) is 6.87. The van der Waals surface area contributed by atoms with Crippen LogP contribution in [0, 0.1) is 0 Å². The Morgan fingerprint density at radius 1 is 0.442 bits per heavy atom. The standard InChI is InChI=1S/C39H42O2P.BrH/c1(15-30-40-31-29-34-25-27-36(28-26-34)41-33-35-17-7-3-8-18-35)2-16-32-42(37-19-9-4-10-20-37,38-21-11-5-12-22-38)39-23-13-6-14-24-39;/h3-14,17-28H,1-2,15-16,29-33H2;1H/q+1;/p-1. The first-order valence-electron chi connectivity index (χ1n) is 15.2. The van der Waals surface area contributed by atoms with Gasteiger partial charge in [0.15, 0.2) is 0 Å². The lowest BCUT2D eigenvalue weighted by molar-refractivity contribution is -0.00000943. The summed E-state index contributed by atoms with van der Waals surface area (Å²) in [5.74, 6) is 0.904. The lowest BCUT2D eigenvalue weighted by atomic mass is 10.1. The van der Waals surface area contributed by atoms with Gasteiger partial charge in [-0.25, -0.2) is 0 Å². The molecule has 0 spiro atoms. The van der Waals surface area contributed by atoms with Crippen molar-refractivity contribution in [3.63, 3.8) is 0 Å². The fraction of sp³-hybridized carbons (Fsp3) is 0.231. The van der Waals surface area contributed by atoms with Gasteiger partial charge in [-0.3, -0.25) is 0 Å². The average Bonchev–Trinajstić information content (AvgIpc) is 3.07. The SMILES string of the molecule is [Br-].c1ccc(COc2ccc(CCOCCCCCC[P+](c3ccccc3)(c3ccccc3)c3ccccc3)cc2)cc1. The first-order chi connectivity index (χ1) is 20.8. The zero-order valence-electron chi connectivity index (χ0n) is 24.9. The molecule has 0 aliphatic heterocycles. The van der Waals surface area contributed by atoms with Crippen molar-refractivity contribution in [2.45, 2.75) is 38.7 Å². The summed E-state index contributed by atoms with van der Waals surface area (Å²) in [6, 6.07) is 52.3. The Bertz CT molecular complexity index is 1330. The topological polar surface area (TPSA) is 18.5 Å². The molecular weight excluding hydrogens is 611 g/mol. The molecule has 0 bridgehead atoms. The number of hydrogen-bond acceptors (Lipinski definition) is 2. The van der Waals surface area contributed by atoms with Gasteiger partial charge in [0.2, 0.25) is 0 Å². The number of ether oxygens (including phenoxy) is 2. The predicted octanol–water partition coefficient (Wildman–Crippen LogP) is 5.38. The van der Waals surface area contributed by atoms with Crippen molar-refractivity contribution >= 4 is 23.2 Å². The highest BCUT2D eigenvalue weighted by Crippen LogP contribution is 2.56. The quantitative estimate of drug-likeness (QED) is 0.105. The number of unbranched alkanes of at least 4 members (excludes halogenated alkanes) is 3. The fourth-order valence-corrected chi connectivity index (χ4v) is 9.98. The van der Waals surface area contributed by atoms with Crippen LogP contribution in [0.3, 0.4) is 0 Å². The molecule has 0 aliphatic carbocycles. The third-order valence-corrected chi connectivity index (χ3v) is 12.4. The second-order valence-corrected chi connectivity index (χ2v) is 14.4. The molecule has 0 N–H and O–H groups in total. The maximum atomic E-state index is 6.00. The summed E-state index contributed by atoms with van der Waals surface area (Å²) >= 11 is 0. The molecule has 4 heteroatoms. The molecule has 0 aromatic heterocycles. The summed E-state index contributed by atoms with van der Waals surface area (Å²) in [7, 11) is -1.72. The van der Waals surface area contributed by atoms with Crippen LogP contribution in [-0.2, 0) is 17.8 Å². The highest BCUT2D eigenvalue weighted by molar-refractivity contribution is 7.95. The minimum absolute atomic E-state index is 0. The smallest absolute Gasteiger partial charge is 0.119 e. The number of hydrogen-bond donors (Lipinski definition) is 0. The van der Waals surface area contributed by atoms with Gasteiger partial charge in [-0.1, -0.05) is 103 Å². The van der Waals surface area contributed by atoms with Crippen molar-refractivity contribution in [1.82, 2.24) is 0 Å². The van der Waals surface area contributed by atoms with E-state index in [0.29, 0.717) is 6.61 Å². The van der Waals surface area contributed by atoms with Crippen LogP contribution >= 0.6 is 7.26 Å². The van der Waals surface area contributed by atoms with Gasteiger partial charge >= 0.3 is 0 Å². The summed E-state index contributed by atoms with van der Waals surface area (Å²) in [4.78, 5) is 0. The molecular formula is C39H42BrO2P. The molecule has 0 heterocycles. The summed E-state index contributed by atoms with van der Waals surface area (Å²) in [5.41, 5.74) is 2.46. The minimum atomic E-state index is -1.72. The van der Waals surface area contributed by atoms with Gasteiger partial charge in [-0.05, 0) is 85.3 Å². The third-order valence-electron chi connectivity index (χ3n) is 7.83. The second-order valence-electron chi connectivity index (χ2n) is 10.7. The average molecular weight is 654 g/mol. The van der Waals surface area contributed by atoms with Crippen molar-refractivity contribution < 1.29 is 26.5 Å². The Kier molecular flexibility index (Phi) is 13.5. The van der Waals surface area contributed by atoms with Crippen LogP contribution in [0.4, 0.5) is 0 Å². The molecule has 0 saturated heterocycles. The largest absolute Gasteiger partial charge is 1.00 e. The van der Waals surface area contributed by atoms with Gasteiger partial charge < -0.3 is 26.5 Å². The molecule has 0 atom stereocenters. The van der Waals surface area contributed by atoms with Gasteiger partial charge in [0.1, 0.15) is 35.5 Å². The van der Waals surface area contributed by atoms with E-state index in [1.165, 1.54) is 52.5 Å². The number of rotatable bonds is 16. The van der Waals surface area contributed by atoms with E-state index in [2.05, 4.69) is 127 Å². The van der Waals surface area contributed by atoms with Gasteiger partial charge in [0, 0.05) is 6.61 Å². The molecule has 0 radical (unpaired) electrons. The van der Waals surface area contributed by atoms with Crippen LogP contribution in [0.1, 0.15) is 36.8 Å². The lowest BCUT2D eigenvalue weighted by Gasteiger charge is -2.27. The van der Waals surface area contributed by atoms with E-state index < -0.39 is 7.26 Å². The van der Waals surface area contributed by atoms with Crippen molar-refractivity contribution in [1.29, 1.82) is 0 Å². The van der Waals surface area contributed by atoms with Gasteiger partial charge in [0.05, 0.1) is 12.8 Å². The Labute approximate surface area is 269 Å². The van der Waals surface area contributed by atoms with E-state index in [-0.39, 0.29) is 17.0 Å². The van der Waals surface area contributed by atoms with E-state index in [0.717, 1.165) is 31.8 Å². The molecule has 0 saturated carbocycles. The van der Waals surface area contributed by atoms with Crippen LogP contribution in [0.2, 0.25) is 0 Å². The molecule has 5 aromatic carbocycles. The van der Waals surface area contributed by atoms with Gasteiger partial charge in [-0.2, -0.15) is 0 Å². The maximum Gasteiger partial charge on any atom is 0.119 e. The van der Waals surface area contributed by atoms with Crippen molar-refractivity contribution in [2.24, 2.45) is 0 Å². The predicted molar refractivity (Wildman–Crippen MR) is 180 cm³/mol. The molecule has 0 unspecified atom stereocenters. The minimum Gasteiger partial charge on any atom is -1.00 e. The molecule has 222 valence electrons. The molecule has 0 fully saturated rings. The van der Waals surface area contributed by atoms with E-state index in [9.17, 15) is 0 Å². The highest BCUT2D eigenvalue weighted by Gasteiger charge is 2.44. The zero-order valence-corrected chi connectivity index (χ0v) is 27.3. The lowest BCUT2D eigenvalue weighted by Crippen LogP contribution is -3.00. The van der Waals surface area contributed by atoms with Crippen molar-refractivity contribution in [3.8, 4) is 5.75 Å². The van der Waals surface area contributed by atoms with Crippen LogP contribution < -0.4 is 37.6 Å². The Morgan fingerprint density at radius 2 is 0.930 bits per heavy atom.